The normalized spacial score (nSPS) is 20.3. The molecule has 0 bridgehead atoms. The zero-order valence-corrected chi connectivity index (χ0v) is 13.4. The van der Waals surface area contributed by atoms with Gasteiger partial charge < -0.3 is 10.4 Å². The molecule has 1 aliphatic rings. The number of aliphatic carboxylic acids is 1. The Hall–Kier alpha value is -2.62. The van der Waals surface area contributed by atoms with Crippen LogP contribution in [-0.2, 0) is 9.59 Å². The first-order valence-corrected chi connectivity index (χ1v) is 8.32. The van der Waals surface area contributed by atoms with E-state index in [0.29, 0.717) is 25.7 Å². The van der Waals surface area contributed by atoms with Gasteiger partial charge in [0.15, 0.2) is 0 Å². The van der Waals surface area contributed by atoms with Crippen LogP contribution in [0.15, 0.2) is 54.6 Å². The van der Waals surface area contributed by atoms with E-state index < -0.39 is 5.97 Å². The van der Waals surface area contributed by atoms with E-state index >= 15 is 0 Å². The van der Waals surface area contributed by atoms with Gasteiger partial charge in [-0.25, -0.2) is 0 Å². The van der Waals surface area contributed by atoms with Crippen LogP contribution in [0, 0.1) is 11.8 Å². The molecule has 2 aromatic carbocycles. The Morgan fingerprint density at radius 3 is 1.92 bits per heavy atom. The number of carboxylic acids is 1. The summed E-state index contributed by atoms with van der Waals surface area (Å²) in [7, 11) is 0. The van der Waals surface area contributed by atoms with Crippen molar-refractivity contribution in [2.45, 2.75) is 25.7 Å². The van der Waals surface area contributed by atoms with Crippen molar-refractivity contribution in [1.29, 1.82) is 0 Å². The molecule has 1 aliphatic carbocycles. The number of carbonyl (C=O) groups is 2. The molecule has 0 atom stereocenters. The maximum Gasteiger partial charge on any atom is 0.306 e. The van der Waals surface area contributed by atoms with Crippen molar-refractivity contribution in [2.24, 2.45) is 11.8 Å². The molecule has 4 nitrogen and oxygen atoms in total. The topological polar surface area (TPSA) is 66.4 Å². The van der Waals surface area contributed by atoms with Crippen LogP contribution < -0.4 is 5.32 Å². The van der Waals surface area contributed by atoms with Crippen molar-refractivity contribution in [2.75, 3.05) is 5.32 Å². The molecule has 3 rings (SSSR count). The fourth-order valence-corrected chi connectivity index (χ4v) is 3.22. The lowest BCUT2D eigenvalue weighted by Gasteiger charge is -2.25. The van der Waals surface area contributed by atoms with E-state index in [1.165, 1.54) is 0 Å². The zero-order chi connectivity index (χ0) is 16.9. The van der Waals surface area contributed by atoms with Gasteiger partial charge in [-0.3, -0.25) is 9.59 Å². The minimum absolute atomic E-state index is 0.00806. The molecule has 1 amide bonds. The number of hydrogen-bond acceptors (Lipinski definition) is 2. The Morgan fingerprint density at radius 2 is 1.33 bits per heavy atom. The third-order valence-corrected chi connectivity index (χ3v) is 4.71. The molecule has 2 N–H and O–H groups in total. The number of nitrogens with one attached hydrogen (secondary N) is 1. The van der Waals surface area contributed by atoms with Gasteiger partial charge >= 0.3 is 5.97 Å². The first kappa shape index (κ1) is 16.2. The van der Waals surface area contributed by atoms with Gasteiger partial charge in [-0.1, -0.05) is 42.5 Å². The summed E-state index contributed by atoms with van der Waals surface area (Å²) in [6.07, 6.45) is 2.45. The van der Waals surface area contributed by atoms with Crippen LogP contribution in [0.5, 0.6) is 0 Å². The van der Waals surface area contributed by atoms with Gasteiger partial charge in [0.05, 0.1) is 5.92 Å². The summed E-state index contributed by atoms with van der Waals surface area (Å²) < 4.78 is 0. The summed E-state index contributed by atoms with van der Waals surface area (Å²) in [6, 6.07) is 17.9. The summed E-state index contributed by atoms with van der Waals surface area (Å²) in [6.45, 7) is 0. The van der Waals surface area contributed by atoms with E-state index in [0.717, 1.165) is 16.8 Å². The Labute approximate surface area is 141 Å². The molecule has 124 valence electrons. The largest absolute Gasteiger partial charge is 0.481 e. The molecule has 0 heterocycles. The first-order chi connectivity index (χ1) is 11.6. The van der Waals surface area contributed by atoms with E-state index in [1.54, 1.807) is 0 Å². The predicted molar refractivity (Wildman–Crippen MR) is 93.6 cm³/mol. The molecule has 1 saturated carbocycles. The molecule has 2 aromatic rings. The summed E-state index contributed by atoms with van der Waals surface area (Å²) in [4.78, 5) is 23.3. The van der Waals surface area contributed by atoms with Crippen molar-refractivity contribution < 1.29 is 14.7 Å². The molecular weight excluding hydrogens is 302 g/mol. The molecule has 0 spiro atoms. The second-order valence-corrected chi connectivity index (χ2v) is 6.32. The van der Waals surface area contributed by atoms with Crippen LogP contribution in [0.2, 0.25) is 0 Å². The molecule has 0 aromatic heterocycles. The summed E-state index contributed by atoms with van der Waals surface area (Å²) in [5.74, 6) is -1.13. The van der Waals surface area contributed by atoms with Crippen molar-refractivity contribution in [3.8, 4) is 11.1 Å². The second kappa shape index (κ2) is 7.30. The van der Waals surface area contributed by atoms with Crippen molar-refractivity contribution in [3.05, 3.63) is 54.6 Å². The zero-order valence-electron chi connectivity index (χ0n) is 13.4. The Morgan fingerprint density at radius 1 is 0.792 bits per heavy atom. The van der Waals surface area contributed by atoms with E-state index in [9.17, 15) is 9.59 Å². The average Bonchev–Trinajstić information content (AvgIpc) is 2.63. The number of carboxylic acid groups (broad SMARTS) is 1. The molecule has 1 fully saturated rings. The summed E-state index contributed by atoms with van der Waals surface area (Å²) in [5, 5.41) is 12.0. The lowest BCUT2D eigenvalue weighted by atomic mass is 9.81. The standard InChI is InChI=1S/C20H21NO3/c22-19(16-6-8-17(9-7-16)20(23)24)21-18-12-10-15(11-13-18)14-4-2-1-3-5-14/h1-5,10-13,16-17H,6-9H2,(H,21,22)(H,23,24). The van der Waals surface area contributed by atoms with Crippen LogP contribution in [0.1, 0.15) is 25.7 Å². The number of rotatable bonds is 4. The molecule has 0 aliphatic heterocycles. The van der Waals surface area contributed by atoms with Crippen molar-refractivity contribution >= 4 is 17.6 Å². The van der Waals surface area contributed by atoms with E-state index in [2.05, 4.69) is 17.4 Å². The number of benzene rings is 2. The minimum atomic E-state index is -0.745. The highest BCUT2D eigenvalue weighted by molar-refractivity contribution is 5.93. The molecule has 0 radical (unpaired) electrons. The SMILES string of the molecule is O=C(O)C1CCC(C(=O)Nc2ccc(-c3ccccc3)cc2)CC1. The van der Waals surface area contributed by atoms with E-state index in [4.69, 9.17) is 5.11 Å². The predicted octanol–water partition coefficient (Wildman–Crippen LogP) is 4.18. The van der Waals surface area contributed by atoms with Crippen LogP contribution in [0.4, 0.5) is 5.69 Å². The van der Waals surface area contributed by atoms with Gasteiger partial charge in [-0.05, 0) is 48.9 Å². The summed E-state index contributed by atoms with van der Waals surface area (Å²) in [5.41, 5.74) is 3.03. The highest BCUT2D eigenvalue weighted by Gasteiger charge is 2.29. The molecule has 4 heteroatoms. The summed E-state index contributed by atoms with van der Waals surface area (Å²) >= 11 is 0. The van der Waals surface area contributed by atoms with Crippen molar-refractivity contribution in [3.63, 3.8) is 0 Å². The van der Waals surface area contributed by atoms with Gasteiger partial charge in [0.25, 0.3) is 0 Å². The van der Waals surface area contributed by atoms with Gasteiger partial charge in [0.1, 0.15) is 0 Å². The Bertz CT molecular complexity index is 701. The molecular formula is C20H21NO3. The lowest BCUT2D eigenvalue weighted by molar-refractivity contribution is -0.143. The van der Waals surface area contributed by atoms with Crippen LogP contribution >= 0.6 is 0 Å². The fourth-order valence-electron chi connectivity index (χ4n) is 3.22. The van der Waals surface area contributed by atoms with E-state index in [1.807, 2.05) is 42.5 Å². The third kappa shape index (κ3) is 3.82. The first-order valence-electron chi connectivity index (χ1n) is 8.32. The smallest absolute Gasteiger partial charge is 0.306 e. The van der Waals surface area contributed by atoms with Crippen molar-refractivity contribution in [1.82, 2.24) is 0 Å². The highest BCUT2D eigenvalue weighted by atomic mass is 16.4. The minimum Gasteiger partial charge on any atom is -0.481 e. The maximum absolute atomic E-state index is 12.3. The third-order valence-electron chi connectivity index (χ3n) is 4.71. The second-order valence-electron chi connectivity index (χ2n) is 6.32. The quantitative estimate of drug-likeness (QED) is 0.887. The average molecular weight is 323 g/mol. The monoisotopic (exact) mass is 323 g/mol. The van der Waals surface area contributed by atoms with Crippen LogP contribution in [0.3, 0.4) is 0 Å². The van der Waals surface area contributed by atoms with Gasteiger partial charge in [0.2, 0.25) is 5.91 Å². The number of carbonyl (C=O) groups excluding carboxylic acids is 1. The van der Waals surface area contributed by atoms with Gasteiger partial charge in [-0.15, -0.1) is 0 Å². The Balaban J connectivity index is 1.58. The number of hydrogen-bond donors (Lipinski definition) is 2. The number of amides is 1. The fraction of sp³-hybridized carbons (Fsp3) is 0.300. The Kier molecular flexibility index (Phi) is 4.94. The number of anilines is 1. The van der Waals surface area contributed by atoms with Gasteiger partial charge in [-0.2, -0.15) is 0 Å². The molecule has 0 saturated heterocycles. The molecule has 0 unspecified atom stereocenters. The van der Waals surface area contributed by atoms with Crippen LogP contribution in [-0.4, -0.2) is 17.0 Å². The highest BCUT2D eigenvalue weighted by Crippen LogP contribution is 2.30. The van der Waals surface area contributed by atoms with Crippen LogP contribution in [0.25, 0.3) is 11.1 Å². The maximum atomic E-state index is 12.3. The lowest BCUT2D eigenvalue weighted by Crippen LogP contribution is -2.29. The molecule has 24 heavy (non-hydrogen) atoms. The van der Waals surface area contributed by atoms with E-state index in [-0.39, 0.29) is 17.7 Å². The van der Waals surface area contributed by atoms with Gasteiger partial charge in [0, 0.05) is 11.6 Å².